The van der Waals surface area contributed by atoms with Gasteiger partial charge in [0.25, 0.3) is 0 Å². The normalized spacial score (nSPS) is 17.5. The van der Waals surface area contributed by atoms with Crippen molar-refractivity contribution in [3.05, 3.63) is 0 Å². The van der Waals surface area contributed by atoms with Crippen LogP contribution in [0.25, 0.3) is 0 Å². The van der Waals surface area contributed by atoms with Crippen molar-refractivity contribution in [3.63, 3.8) is 0 Å². The lowest BCUT2D eigenvalue weighted by atomic mass is 9.96. The van der Waals surface area contributed by atoms with Crippen LogP contribution in [-0.2, 0) is 4.79 Å². The fourth-order valence-corrected chi connectivity index (χ4v) is 2.16. The lowest BCUT2D eigenvalue weighted by molar-refractivity contribution is -0.135. The van der Waals surface area contributed by atoms with Gasteiger partial charge in [-0.25, -0.2) is 0 Å². The number of rotatable bonds is 7. The summed E-state index contributed by atoms with van der Waals surface area (Å²) >= 11 is 0. The van der Waals surface area contributed by atoms with Crippen LogP contribution in [0.5, 0.6) is 0 Å². The minimum Gasteiger partial charge on any atom is -0.346 e. The minimum absolute atomic E-state index is 0.0680. The Bertz CT molecular complexity index is 209. The maximum Gasteiger partial charge on any atom is 0.228 e. The molecule has 1 rings (SSSR count). The molecule has 0 bridgehead atoms. The van der Waals surface area contributed by atoms with Crippen molar-refractivity contribution in [3.8, 4) is 0 Å². The number of hydrogen-bond acceptors (Lipinski definition) is 1. The van der Waals surface area contributed by atoms with Gasteiger partial charge in [-0.2, -0.15) is 0 Å². The lowest BCUT2D eigenvalue weighted by Crippen LogP contribution is -2.33. The molecule has 0 aromatic rings. The van der Waals surface area contributed by atoms with Gasteiger partial charge in [-0.05, 0) is 26.2 Å². The first-order chi connectivity index (χ1) is 7.16. The van der Waals surface area contributed by atoms with Gasteiger partial charge in [0.05, 0.1) is 0 Å². The lowest BCUT2D eigenvalue weighted by Gasteiger charge is -2.22. The Kier molecular flexibility index (Phi) is 4.62. The summed E-state index contributed by atoms with van der Waals surface area (Å²) in [6.45, 7) is 5.11. The second kappa shape index (κ2) is 5.53. The van der Waals surface area contributed by atoms with E-state index in [0.717, 1.165) is 25.8 Å². The van der Waals surface area contributed by atoms with E-state index < -0.39 is 0 Å². The van der Waals surface area contributed by atoms with E-state index in [-0.39, 0.29) is 5.41 Å². The molecule has 0 N–H and O–H groups in total. The molecule has 1 saturated carbocycles. The van der Waals surface area contributed by atoms with E-state index in [9.17, 15) is 4.79 Å². The first-order valence-corrected chi connectivity index (χ1v) is 6.42. The van der Waals surface area contributed by atoms with Crippen molar-refractivity contribution < 1.29 is 4.79 Å². The monoisotopic (exact) mass is 211 g/mol. The van der Waals surface area contributed by atoms with Crippen LogP contribution in [0.1, 0.15) is 58.8 Å². The molecule has 2 heteroatoms. The van der Waals surface area contributed by atoms with Crippen molar-refractivity contribution in [2.24, 2.45) is 5.41 Å². The number of carbonyl (C=O) groups is 1. The van der Waals surface area contributed by atoms with Gasteiger partial charge < -0.3 is 4.90 Å². The Balaban J connectivity index is 2.29. The molecule has 0 aromatic carbocycles. The zero-order valence-electron chi connectivity index (χ0n) is 10.5. The Labute approximate surface area is 94.0 Å². The van der Waals surface area contributed by atoms with E-state index >= 15 is 0 Å². The van der Waals surface area contributed by atoms with Crippen molar-refractivity contribution in [2.75, 3.05) is 13.6 Å². The molecule has 15 heavy (non-hydrogen) atoms. The summed E-state index contributed by atoms with van der Waals surface area (Å²) < 4.78 is 0. The maximum atomic E-state index is 12.0. The molecule has 2 nitrogen and oxygen atoms in total. The van der Waals surface area contributed by atoms with E-state index in [0.29, 0.717) is 5.91 Å². The van der Waals surface area contributed by atoms with Crippen LogP contribution in [-0.4, -0.2) is 24.4 Å². The third kappa shape index (κ3) is 3.22. The van der Waals surface area contributed by atoms with Crippen LogP contribution in [0.4, 0.5) is 0 Å². The molecule has 0 unspecified atom stereocenters. The Morgan fingerprint density at radius 1 is 1.20 bits per heavy atom. The van der Waals surface area contributed by atoms with Crippen LogP contribution < -0.4 is 0 Å². The molecule has 0 heterocycles. The molecule has 1 amide bonds. The SMILES string of the molecule is CCCCCCC1(C(=O)N(C)CC)CC1. The quantitative estimate of drug-likeness (QED) is 0.592. The van der Waals surface area contributed by atoms with Gasteiger partial charge >= 0.3 is 0 Å². The predicted molar refractivity (Wildman–Crippen MR) is 63.7 cm³/mol. The molecule has 1 aliphatic rings. The van der Waals surface area contributed by atoms with Gasteiger partial charge in [0.15, 0.2) is 0 Å². The molecule has 0 atom stereocenters. The van der Waals surface area contributed by atoms with Gasteiger partial charge in [0, 0.05) is 19.0 Å². The van der Waals surface area contributed by atoms with Crippen molar-refractivity contribution in [2.45, 2.75) is 58.8 Å². The van der Waals surface area contributed by atoms with Gasteiger partial charge in [-0.15, -0.1) is 0 Å². The third-order valence-corrected chi connectivity index (χ3v) is 3.64. The molecule has 0 aromatic heterocycles. The topological polar surface area (TPSA) is 20.3 Å². The highest BCUT2D eigenvalue weighted by molar-refractivity contribution is 5.85. The predicted octanol–water partition coefficient (Wildman–Crippen LogP) is 3.22. The summed E-state index contributed by atoms with van der Waals surface area (Å²) in [6.07, 6.45) is 8.49. The summed E-state index contributed by atoms with van der Waals surface area (Å²) in [4.78, 5) is 13.9. The highest BCUT2D eigenvalue weighted by atomic mass is 16.2. The van der Waals surface area contributed by atoms with E-state index in [1.165, 1.54) is 25.7 Å². The maximum absolute atomic E-state index is 12.0. The van der Waals surface area contributed by atoms with Crippen LogP contribution in [0, 0.1) is 5.41 Å². The van der Waals surface area contributed by atoms with Crippen LogP contribution >= 0.6 is 0 Å². The molecule has 1 aliphatic carbocycles. The molecule has 0 spiro atoms. The average Bonchev–Trinajstić information content (AvgIpc) is 3.03. The molecular formula is C13H25NO. The first kappa shape index (κ1) is 12.5. The molecule has 0 radical (unpaired) electrons. The summed E-state index contributed by atoms with van der Waals surface area (Å²) in [5.74, 6) is 0.390. The largest absolute Gasteiger partial charge is 0.346 e. The summed E-state index contributed by atoms with van der Waals surface area (Å²) in [7, 11) is 1.93. The Hall–Kier alpha value is -0.530. The number of unbranched alkanes of at least 4 members (excludes halogenated alkanes) is 3. The van der Waals surface area contributed by atoms with E-state index in [4.69, 9.17) is 0 Å². The number of hydrogen-bond donors (Lipinski definition) is 0. The molecule has 0 aliphatic heterocycles. The van der Waals surface area contributed by atoms with E-state index in [1.54, 1.807) is 0 Å². The molecule has 0 saturated heterocycles. The fourth-order valence-electron chi connectivity index (χ4n) is 2.16. The van der Waals surface area contributed by atoms with Crippen LogP contribution in [0.3, 0.4) is 0 Å². The molecule has 88 valence electrons. The highest BCUT2D eigenvalue weighted by Crippen LogP contribution is 2.51. The summed E-state index contributed by atoms with van der Waals surface area (Å²) in [5.41, 5.74) is 0.0680. The smallest absolute Gasteiger partial charge is 0.228 e. The zero-order chi connectivity index (χ0) is 11.3. The second-order valence-corrected chi connectivity index (χ2v) is 4.91. The molecule has 1 fully saturated rings. The second-order valence-electron chi connectivity index (χ2n) is 4.91. The third-order valence-electron chi connectivity index (χ3n) is 3.64. The zero-order valence-corrected chi connectivity index (χ0v) is 10.5. The Morgan fingerprint density at radius 3 is 2.33 bits per heavy atom. The average molecular weight is 211 g/mol. The standard InChI is InChI=1S/C13H25NO/c1-4-6-7-8-9-13(10-11-13)12(15)14(3)5-2/h4-11H2,1-3H3. The van der Waals surface area contributed by atoms with E-state index in [1.807, 2.05) is 18.9 Å². The van der Waals surface area contributed by atoms with Crippen LogP contribution in [0.15, 0.2) is 0 Å². The number of carbonyl (C=O) groups excluding carboxylic acids is 1. The van der Waals surface area contributed by atoms with E-state index in [2.05, 4.69) is 6.92 Å². The highest BCUT2D eigenvalue weighted by Gasteiger charge is 2.49. The van der Waals surface area contributed by atoms with Crippen molar-refractivity contribution in [1.29, 1.82) is 0 Å². The van der Waals surface area contributed by atoms with Gasteiger partial charge in [-0.3, -0.25) is 4.79 Å². The van der Waals surface area contributed by atoms with Crippen molar-refractivity contribution in [1.82, 2.24) is 4.90 Å². The van der Waals surface area contributed by atoms with Gasteiger partial charge in [0.2, 0.25) is 5.91 Å². The number of amides is 1. The minimum atomic E-state index is 0.0680. The number of nitrogens with zero attached hydrogens (tertiary/aromatic N) is 1. The summed E-state index contributed by atoms with van der Waals surface area (Å²) in [5, 5.41) is 0. The first-order valence-electron chi connectivity index (χ1n) is 6.42. The Morgan fingerprint density at radius 2 is 1.87 bits per heavy atom. The van der Waals surface area contributed by atoms with Gasteiger partial charge in [0.1, 0.15) is 0 Å². The van der Waals surface area contributed by atoms with Crippen LogP contribution in [0.2, 0.25) is 0 Å². The van der Waals surface area contributed by atoms with Gasteiger partial charge in [-0.1, -0.05) is 32.6 Å². The van der Waals surface area contributed by atoms with Crippen molar-refractivity contribution >= 4 is 5.91 Å². The summed E-state index contributed by atoms with van der Waals surface area (Å²) in [6, 6.07) is 0. The fraction of sp³-hybridized carbons (Fsp3) is 0.923. The molecular weight excluding hydrogens is 186 g/mol.